The molecule has 4 amide bonds. The SMILES string of the molecule is CC[C@H](C)[C@H](NC(=O)[C@H](CCSC)NC(=O)[C@H](CCCN=C(N)N)NC(=O)[C@@H](NC(=O)[C@@H](N)CC(C)C)[C@@H](C)CC)C(=O)O. The molecule has 0 aliphatic carbocycles. The standard InChI is InChI=1S/C29H56N8O6S/c1-8-17(5)22(36-24(38)19(30)15-16(3)4)27(41)35-20(11-10-13-33-29(31)32)25(39)34-21(12-14-44-7)26(40)37-23(28(42)43)18(6)9-2/h16-23H,8-15,30H2,1-7H3,(H,34,39)(H,35,41)(H,36,38)(H,37,40)(H,42,43)(H4,31,32,33)/t17-,18-,19-,20-,21-,22-,23-/m0/s1. The number of thioether (sulfide) groups is 1. The first-order valence-electron chi connectivity index (χ1n) is 15.3. The van der Waals surface area contributed by atoms with Crippen molar-refractivity contribution in [1.82, 2.24) is 21.3 Å². The Hall–Kier alpha value is -3.07. The number of aliphatic imine (C=N–C) groups is 1. The number of rotatable bonds is 22. The highest BCUT2D eigenvalue weighted by atomic mass is 32.2. The molecule has 0 unspecified atom stereocenters. The van der Waals surface area contributed by atoms with E-state index in [0.29, 0.717) is 31.4 Å². The molecular weight excluding hydrogens is 588 g/mol. The Labute approximate surface area is 266 Å². The minimum absolute atomic E-state index is 0.115. The summed E-state index contributed by atoms with van der Waals surface area (Å²) in [6.45, 7) is 11.3. The Kier molecular flexibility index (Phi) is 20.1. The molecule has 0 radical (unpaired) electrons. The lowest BCUT2D eigenvalue weighted by Crippen LogP contribution is -2.60. The third-order valence-corrected chi connectivity index (χ3v) is 8.10. The van der Waals surface area contributed by atoms with E-state index in [1.54, 1.807) is 6.92 Å². The van der Waals surface area contributed by atoms with Gasteiger partial charge in [-0.15, -0.1) is 0 Å². The Bertz CT molecular complexity index is 962. The van der Waals surface area contributed by atoms with Crippen LogP contribution < -0.4 is 38.5 Å². The highest BCUT2D eigenvalue weighted by Crippen LogP contribution is 2.13. The lowest BCUT2D eigenvalue weighted by molar-refractivity contribution is -0.143. The van der Waals surface area contributed by atoms with Gasteiger partial charge in [0.05, 0.1) is 6.04 Å². The van der Waals surface area contributed by atoms with Crippen LogP contribution in [0.1, 0.15) is 80.1 Å². The van der Waals surface area contributed by atoms with Gasteiger partial charge in [0, 0.05) is 6.54 Å². The summed E-state index contributed by atoms with van der Waals surface area (Å²) in [7, 11) is 0. The summed E-state index contributed by atoms with van der Waals surface area (Å²) in [5.41, 5.74) is 16.9. The third kappa shape index (κ3) is 15.6. The van der Waals surface area contributed by atoms with Gasteiger partial charge in [-0.25, -0.2) is 4.79 Å². The summed E-state index contributed by atoms with van der Waals surface area (Å²) in [4.78, 5) is 68.9. The van der Waals surface area contributed by atoms with E-state index in [-0.39, 0.29) is 43.1 Å². The average molecular weight is 645 g/mol. The largest absolute Gasteiger partial charge is 0.480 e. The van der Waals surface area contributed by atoms with E-state index in [9.17, 15) is 29.1 Å². The molecule has 0 aliphatic heterocycles. The molecule has 0 rings (SSSR count). The molecule has 0 bridgehead atoms. The predicted molar refractivity (Wildman–Crippen MR) is 175 cm³/mol. The van der Waals surface area contributed by atoms with E-state index in [1.165, 1.54) is 11.8 Å². The second-order valence-electron chi connectivity index (χ2n) is 11.7. The predicted octanol–water partition coefficient (Wildman–Crippen LogP) is 0.283. The van der Waals surface area contributed by atoms with E-state index in [2.05, 4.69) is 26.3 Å². The van der Waals surface area contributed by atoms with Crippen LogP contribution in [-0.2, 0) is 24.0 Å². The number of amides is 4. The van der Waals surface area contributed by atoms with Crippen LogP contribution in [-0.4, -0.2) is 89.4 Å². The van der Waals surface area contributed by atoms with Crippen LogP contribution in [0.15, 0.2) is 4.99 Å². The van der Waals surface area contributed by atoms with Crippen molar-refractivity contribution in [3.8, 4) is 0 Å². The summed E-state index contributed by atoms with van der Waals surface area (Å²) in [5.74, 6) is -3.50. The molecule has 7 atom stereocenters. The first-order valence-corrected chi connectivity index (χ1v) is 16.7. The number of nitrogens with one attached hydrogen (secondary N) is 4. The van der Waals surface area contributed by atoms with E-state index in [0.717, 1.165) is 0 Å². The third-order valence-electron chi connectivity index (χ3n) is 7.45. The minimum atomic E-state index is -1.17. The molecule has 11 N–H and O–H groups in total. The van der Waals surface area contributed by atoms with Crippen LogP contribution in [0, 0.1) is 17.8 Å². The van der Waals surface area contributed by atoms with Crippen molar-refractivity contribution < 1.29 is 29.1 Å². The topological polar surface area (TPSA) is 244 Å². The fourth-order valence-corrected chi connectivity index (χ4v) is 4.80. The Morgan fingerprint density at radius 1 is 0.773 bits per heavy atom. The molecule has 0 aliphatic rings. The van der Waals surface area contributed by atoms with Crippen molar-refractivity contribution in [3.63, 3.8) is 0 Å². The number of carboxylic acid groups (broad SMARTS) is 1. The van der Waals surface area contributed by atoms with Gasteiger partial charge in [-0.2, -0.15) is 11.8 Å². The minimum Gasteiger partial charge on any atom is -0.480 e. The van der Waals surface area contributed by atoms with Gasteiger partial charge in [0.1, 0.15) is 24.2 Å². The van der Waals surface area contributed by atoms with Crippen LogP contribution in [0.5, 0.6) is 0 Å². The lowest BCUT2D eigenvalue weighted by Gasteiger charge is -2.29. The average Bonchev–Trinajstić information content (AvgIpc) is 2.96. The number of guanidine groups is 1. The fraction of sp³-hybridized carbons (Fsp3) is 0.793. The molecule has 44 heavy (non-hydrogen) atoms. The Morgan fingerprint density at radius 2 is 1.27 bits per heavy atom. The summed E-state index contributed by atoms with van der Waals surface area (Å²) < 4.78 is 0. The van der Waals surface area contributed by atoms with Crippen molar-refractivity contribution in [2.75, 3.05) is 18.6 Å². The first-order chi connectivity index (χ1) is 20.6. The van der Waals surface area contributed by atoms with Gasteiger partial charge >= 0.3 is 5.97 Å². The first kappa shape index (κ1) is 40.9. The quantitative estimate of drug-likeness (QED) is 0.0454. The molecule has 0 saturated heterocycles. The zero-order chi connectivity index (χ0) is 34.0. The second kappa shape index (κ2) is 21.6. The maximum atomic E-state index is 13.6. The van der Waals surface area contributed by atoms with Crippen molar-refractivity contribution in [1.29, 1.82) is 0 Å². The van der Waals surface area contributed by atoms with Gasteiger partial charge in [0.15, 0.2) is 5.96 Å². The highest BCUT2D eigenvalue weighted by molar-refractivity contribution is 7.98. The van der Waals surface area contributed by atoms with Crippen molar-refractivity contribution in [2.45, 2.75) is 110 Å². The van der Waals surface area contributed by atoms with Crippen LogP contribution in [0.3, 0.4) is 0 Å². The molecule has 14 nitrogen and oxygen atoms in total. The molecule has 0 aromatic heterocycles. The van der Waals surface area contributed by atoms with Crippen molar-refractivity contribution >= 4 is 47.3 Å². The van der Waals surface area contributed by atoms with Crippen LogP contribution in [0.2, 0.25) is 0 Å². The molecule has 0 aromatic rings. The second-order valence-corrected chi connectivity index (χ2v) is 12.7. The molecule has 15 heteroatoms. The Morgan fingerprint density at radius 3 is 1.77 bits per heavy atom. The maximum Gasteiger partial charge on any atom is 0.326 e. The molecule has 0 fully saturated rings. The molecular formula is C29H56N8O6S. The molecule has 0 aromatic carbocycles. The van der Waals surface area contributed by atoms with E-state index >= 15 is 0 Å². The van der Waals surface area contributed by atoms with E-state index in [1.807, 2.05) is 40.9 Å². The van der Waals surface area contributed by atoms with Crippen LogP contribution >= 0.6 is 11.8 Å². The molecule has 254 valence electrons. The smallest absolute Gasteiger partial charge is 0.326 e. The molecule has 0 heterocycles. The van der Waals surface area contributed by atoms with Gasteiger partial charge in [-0.3, -0.25) is 24.2 Å². The Balaban J connectivity index is 6.07. The fourth-order valence-electron chi connectivity index (χ4n) is 4.32. The number of carbonyl (C=O) groups is 5. The molecule has 0 saturated carbocycles. The van der Waals surface area contributed by atoms with Crippen LogP contribution in [0.4, 0.5) is 0 Å². The number of carboxylic acids is 1. The summed E-state index contributed by atoms with van der Waals surface area (Å²) in [6.07, 6.45) is 4.07. The lowest BCUT2D eigenvalue weighted by atomic mass is 9.96. The van der Waals surface area contributed by atoms with Crippen molar-refractivity contribution in [2.24, 2.45) is 39.9 Å². The number of hydrogen-bond donors (Lipinski definition) is 8. The normalized spacial score (nSPS) is 15.9. The van der Waals surface area contributed by atoms with Gasteiger partial charge in [0.2, 0.25) is 23.6 Å². The number of aliphatic carboxylic acids is 1. The van der Waals surface area contributed by atoms with Gasteiger partial charge < -0.3 is 43.6 Å². The van der Waals surface area contributed by atoms with E-state index in [4.69, 9.17) is 17.2 Å². The van der Waals surface area contributed by atoms with Gasteiger partial charge in [0.25, 0.3) is 0 Å². The zero-order valence-electron chi connectivity index (χ0n) is 27.4. The molecule has 0 spiro atoms. The van der Waals surface area contributed by atoms with Crippen molar-refractivity contribution in [3.05, 3.63) is 0 Å². The van der Waals surface area contributed by atoms with Gasteiger partial charge in [-0.1, -0.05) is 54.4 Å². The zero-order valence-corrected chi connectivity index (χ0v) is 28.2. The monoisotopic (exact) mass is 644 g/mol. The number of nitrogens with two attached hydrogens (primary N) is 3. The number of nitrogens with zero attached hydrogens (tertiary/aromatic N) is 1. The van der Waals surface area contributed by atoms with Crippen LogP contribution in [0.25, 0.3) is 0 Å². The maximum absolute atomic E-state index is 13.6. The van der Waals surface area contributed by atoms with E-state index < -0.39 is 59.8 Å². The van der Waals surface area contributed by atoms with Gasteiger partial charge in [-0.05, 0) is 55.4 Å². The summed E-state index contributed by atoms with van der Waals surface area (Å²) in [6, 6.07) is -5.02. The summed E-state index contributed by atoms with van der Waals surface area (Å²) >= 11 is 1.46. The summed E-state index contributed by atoms with van der Waals surface area (Å²) in [5, 5.41) is 20.4. The number of carbonyl (C=O) groups excluding carboxylic acids is 4. The number of hydrogen-bond acceptors (Lipinski definition) is 8. The highest BCUT2D eigenvalue weighted by Gasteiger charge is 2.34.